The van der Waals surface area contributed by atoms with Crippen LogP contribution in [0.2, 0.25) is 0 Å². The first-order chi connectivity index (χ1) is 11.8. The number of fused-ring (bicyclic) bond motifs is 5. The third kappa shape index (κ3) is 2.06. The maximum absolute atomic E-state index is 12.6. The normalized spacial score (nSPS) is 42.8. The number of hydrogen-bond acceptors (Lipinski definition) is 3. The summed E-state index contributed by atoms with van der Waals surface area (Å²) in [7, 11) is 0. The third-order valence-electron chi connectivity index (χ3n) is 7.80. The molecule has 0 radical (unpaired) electrons. The van der Waals surface area contributed by atoms with Crippen molar-refractivity contribution in [2.45, 2.75) is 59.3 Å². The van der Waals surface area contributed by atoms with Crippen LogP contribution < -0.4 is 5.73 Å². The number of carbonyl (C=O) groups is 2. The number of hydrogen-bond donors (Lipinski definition) is 1. The first-order valence-electron chi connectivity index (χ1n) is 9.54. The number of allylic oxidation sites excluding steroid dienone is 4. The number of Topliss-reactive ketones (excluding diaryl/α,β-unsaturated/α-hetero) is 2. The zero-order chi connectivity index (χ0) is 18.0. The maximum atomic E-state index is 12.6. The van der Waals surface area contributed by atoms with Crippen molar-refractivity contribution in [3.8, 4) is 11.8 Å². The molecule has 4 rings (SSSR count). The van der Waals surface area contributed by atoms with Gasteiger partial charge in [-0.2, -0.15) is 0 Å². The van der Waals surface area contributed by atoms with Crippen LogP contribution >= 0.6 is 0 Å². The van der Waals surface area contributed by atoms with Crippen molar-refractivity contribution >= 4 is 11.6 Å². The second-order valence-electron chi connectivity index (χ2n) is 8.80. The van der Waals surface area contributed by atoms with E-state index < -0.39 is 0 Å². The number of ketones is 2. The van der Waals surface area contributed by atoms with Gasteiger partial charge in [0.2, 0.25) is 0 Å². The van der Waals surface area contributed by atoms with Crippen LogP contribution in [0.25, 0.3) is 0 Å². The Bertz CT molecular complexity index is 793. The molecule has 0 aromatic heterocycles. The Balaban J connectivity index is 1.91. The maximum Gasteiger partial charge on any atom is 0.178 e. The molecule has 2 N–H and O–H groups in total. The Labute approximate surface area is 150 Å². The average molecular weight is 337 g/mol. The van der Waals surface area contributed by atoms with Gasteiger partial charge in [-0.25, -0.2) is 0 Å². The van der Waals surface area contributed by atoms with Crippen LogP contribution in [0.3, 0.4) is 0 Å². The molecule has 0 saturated heterocycles. The Morgan fingerprint density at radius 1 is 1.08 bits per heavy atom. The van der Waals surface area contributed by atoms with Crippen LogP contribution in [0.15, 0.2) is 22.9 Å². The molecule has 4 aliphatic carbocycles. The second kappa shape index (κ2) is 5.34. The van der Waals surface area contributed by atoms with E-state index in [4.69, 9.17) is 5.73 Å². The van der Waals surface area contributed by atoms with E-state index in [1.807, 2.05) is 6.92 Å². The molecule has 4 aliphatic rings. The average Bonchev–Trinajstić information content (AvgIpc) is 2.89. The third-order valence-corrected chi connectivity index (χ3v) is 7.80. The summed E-state index contributed by atoms with van der Waals surface area (Å²) in [6.45, 7) is 6.31. The molecule has 0 aromatic carbocycles. The van der Waals surface area contributed by atoms with Gasteiger partial charge in [0.15, 0.2) is 5.78 Å². The monoisotopic (exact) mass is 337 g/mol. The molecule has 132 valence electrons. The lowest BCUT2D eigenvalue weighted by atomic mass is 9.47. The molecule has 0 spiro atoms. The lowest BCUT2D eigenvalue weighted by Crippen LogP contribution is -2.51. The first-order valence-corrected chi connectivity index (χ1v) is 9.54. The quantitative estimate of drug-likeness (QED) is 0.688. The van der Waals surface area contributed by atoms with Crippen molar-refractivity contribution in [1.29, 1.82) is 0 Å². The summed E-state index contributed by atoms with van der Waals surface area (Å²) in [5.41, 5.74) is 8.54. The molecular weight excluding hydrogens is 310 g/mol. The van der Waals surface area contributed by atoms with Crippen LogP contribution in [0, 0.1) is 40.4 Å². The summed E-state index contributed by atoms with van der Waals surface area (Å²) in [6, 6.07) is 0. The molecule has 5 atom stereocenters. The minimum Gasteiger partial charge on any atom is -0.396 e. The molecule has 25 heavy (non-hydrogen) atoms. The van der Waals surface area contributed by atoms with Crippen molar-refractivity contribution in [3.05, 3.63) is 22.9 Å². The van der Waals surface area contributed by atoms with Crippen LogP contribution in [-0.2, 0) is 9.59 Å². The van der Waals surface area contributed by atoms with E-state index >= 15 is 0 Å². The number of nitrogens with two attached hydrogens (primary N) is 1. The van der Waals surface area contributed by atoms with Crippen molar-refractivity contribution in [3.63, 3.8) is 0 Å². The summed E-state index contributed by atoms with van der Waals surface area (Å²) in [6.07, 6.45) is 7.18. The van der Waals surface area contributed by atoms with Gasteiger partial charge in [-0.3, -0.25) is 9.59 Å². The molecule has 2 fully saturated rings. The van der Waals surface area contributed by atoms with E-state index in [0.29, 0.717) is 42.1 Å². The van der Waals surface area contributed by atoms with Crippen LogP contribution in [0.5, 0.6) is 0 Å². The summed E-state index contributed by atoms with van der Waals surface area (Å²) in [5.74, 6) is 8.01. The van der Waals surface area contributed by atoms with E-state index in [9.17, 15) is 9.59 Å². The highest BCUT2D eigenvalue weighted by atomic mass is 16.1. The molecular formula is C22H27NO2. The molecule has 0 amide bonds. The van der Waals surface area contributed by atoms with E-state index in [1.165, 1.54) is 0 Å². The van der Waals surface area contributed by atoms with Crippen LogP contribution in [0.4, 0.5) is 0 Å². The highest BCUT2D eigenvalue weighted by molar-refractivity contribution is 5.97. The predicted octanol–water partition coefficient (Wildman–Crippen LogP) is 3.54. The molecule has 2 saturated carbocycles. The largest absolute Gasteiger partial charge is 0.396 e. The SMILES string of the molecule is CC#CC1=CC2=C(N)C(=O)CC[C@]2(C)[C@H]2CC[C@]3(C)C(=O)CC[C@H]3[C@H]12. The Morgan fingerprint density at radius 3 is 2.52 bits per heavy atom. The predicted molar refractivity (Wildman–Crippen MR) is 97.1 cm³/mol. The van der Waals surface area contributed by atoms with Gasteiger partial charge in [0.25, 0.3) is 0 Å². The fourth-order valence-electron chi connectivity index (χ4n) is 6.31. The topological polar surface area (TPSA) is 60.2 Å². The summed E-state index contributed by atoms with van der Waals surface area (Å²) in [5, 5.41) is 0. The Hall–Kier alpha value is -1.82. The Kier molecular flexibility index (Phi) is 3.55. The van der Waals surface area contributed by atoms with Crippen molar-refractivity contribution in [1.82, 2.24) is 0 Å². The zero-order valence-electron chi connectivity index (χ0n) is 15.4. The molecule has 3 nitrogen and oxygen atoms in total. The molecule has 0 heterocycles. The standard InChI is InChI=1S/C22H27NO2/c1-4-5-13-12-16-20(23)17(24)9-11-21(16,2)15-8-10-22(3)14(19(13)15)6-7-18(22)25/h12,14-15,19H,6-11,23H2,1-3H3/t14-,15-,19-,21+,22-/m0/s1. The number of rotatable bonds is 0. The molecule has 0 aromatic rings. The molecule has 0 aliphatic heterocycles. The van der Waals surface area contributed by atoms with Crippen molar-refractivity contribution in [2.24, 2.45) is 34.3 Å². The summed E-state index contributed by atoms with van der Waals surface area (Å²) in [4.78, 5) is 24.8. The highest BCUT2D eigenvalue weighted by Gasteiger charge is 2.60. The molecule has 0 bridgehead atoms. The van der Waals surface area contributed by atoms with E-state index in [-0.39, 0.29) is 16.6 Å². The lowest BCUT2D eigenvalue weighted by Gasteiger charge is -2.55. The highest BCUT2D eigenvalue weighted by Crippen LogP contribution is 2.64. The van der Waals surface area contributed by atoms with E-state index in [0.717, 1.165) is 36.8 Å². The van der Waals surface area contributed by atoms with Gasteiger partial charge in [-0.1, -0.05) is 19.8 Å². The van der Waals surface area contributed by atoms with Crippen molar-refractivity contribution < 1.29 is 9.59 Å². The van der Waals surface area contributed by atoms with Gasteiger partial charge in [0, 0.05) is 23.8 Å². The van der Waals surface area contributed by atoms with Crippen LogP contribution in [-0.4, -0.2) is 11.6 Å². The minimum atomic E-state index is -0.191. The van der Waals surface area contributed by atoms with Gasteiger partial charge < -0.3 is 5.73 Å². The number of carbonyl (C=O) groups excluding carboxylic acids is 2. The van der Waals surface area contributed by atoms with E-state index in [1.54, 1.807) is 0 Å². The molecule has 0 unspecified atom stereocenters. The lowest BCUT2D eigenvalue weighted by molar-refractivity contribution is -0.130. The second-order valence-corrected chi connectivity index (χ2v) is 8.80. The van der Waals surface area contributed by atoms with Crippen LogP contribution in [0.1, 0.15) is 59.3 Å². The fourth-order valence-corrected chi connectivity index (χ4v) is 6.31. The smallest absolute Gasteiger partial charge is 0.178 e. The van der Waals surface area contributed by atoms with Gasteiger partial charge in [0.05, 0.1) is 5.70 Å². The first kappa shape index (κ1) is 16.6. The molecule has 3 heteroatoms. The minimum absolute atomic E-state index is 0.0610. The fraction of sp³-hybridized carbons (Fsp3) is 0.636. The van der Waals surface area contributed by atoms with Gasteiger partial charge >= 0.3 is 0 Å². The zero-order valence-corrected chi connectivity index (χ0v) is 15.4. The summed E-state index contributed by atoms with van der Waals surface area (Å²) >= 11 is 0. The van der Waals surface area contributed by atoms with Crippen molar-refractivity contribution in [2.75, 3.05) is 0 Å². The van der Waals surface area contributed by atoms with Gasteiger partial charge in [-0.05, 0) is 67.4 Å². The Morgan fingerprint density at radius 2 is 1.80 bits per heavy atom. The van der Waals surface area contributed by atoms with Gasteiger partial charge in [-0.15, -0.1) is 5.92 Å². The van der Waals surface area contributed by atoms with E-state index in [2.05, 4.69) is 31.8 Å². The summed E-state index contributed by atoms with van der Waals surface area (Å²) < 4.78 is 0. The van der Waals surface area contributed by atoms with Gasteiger partial charge in [0.1, 0.15) is 5.78 Å².